The zero-order chi connectivity index (χ0) is 17.8. The largest absolute Gasteiger partial charge is 0.377 e. The van der Waals surface area contributed by atoms with Crippen LogP contribution < -0.4 is 0 Å². The molecule has 0 spiro atoms. The molecule has 6 heteroatoms. The molecule has 3 atom stereocenters. The van der Waals surface area contributed by atoms with E-state index in [1.54, 1.807) is 29.1 Å². The van der Waals surface area contributed by atoms with Crippen LogP contribution >= 0.6 is 0 Å². The molecule has 1 amide bonds. The van der Waals surface area contributed by atoms with Crippen molar-refractivity contribution in [2.24, 2.45) is 11.3 Å². The summed E-state index contributed by atoms with van der Waals surface area (Å²) >= 11 is 0. The van der Waals surface area contributed by atoms with Crippen LogP contribution in [0.3, 0.4) is 0 Å². The molecule has 1 aliphatic heterocycles. The third kappa shape index (κ3) is 2.47. The van der Waals surface area contributed by atoms with Crippen LogP contribution in [-0.2, 0) is 4.74 Å². The number of hydrogen-bond donors (Lipinski definition) is 0. The number of rotatable bonds is 3. The van der Waals surface area contributed by atoms with Crippen LogP contribution in [0.4, 0.5) is 4.39 Å². The van der Waals surface area contributed by atoms with Crippen LogP contribution in [0.5, 0.6) is 0 Å². The summed E-state index contributed by atoms with van der Waals surface area (Å²) in [4.78, 5) is 14.7. The minimum Gasteiger partial charge on any atom is -0.377 e. The maximum atomic E-state index is 13.1. The van der Waals surface area contributed by atoms with Gasteiger partial charge in [-0.2, -0.15) is 5.10 Å². The summed E-state index contributed by atoms with van der Waals surface area (Å²) in [5.41, 5.74) is 1.06. The van der Waals surface area contributed by atoms with Crippen molar-refractivity contribution in [3.8, 4) is 5.69 Å². The number of nitrogens with zero attached hydrogens (tertiary/aromatic N) is 3. The number of fused-ring (bicyclic) bond motifs is 1. The first-order chi connectivity index (χ1) is 11.9. The van der Waals surface area contributed by atoms with E-state index in [9.17, 15) is 9.18 Å². The number of carbonyl (C=O) groups excluding carboxylic acids is 1. The fourth-order valence-electron chi connectivity index (χ4n) is 4.57. The lowest BCUT2D eigenvalue weighted by Crippen LogP contribution is -2.66. The zero-order valence-electron chi connectivity index (χ0n) is 14.6. The summed E-state index contributed by atoms with van der Waals surface area (Å²) in [6, 6.07) is 7.88. The summed E-state index contributed by atoms with van der Waals surface area (Å²) in [5.74, 6) is 0.0138. The quantitative estimate of drug-likeness (QED) is 0.861. The van der Waals surface area contributed by atoms with E-state index < -0.39 is 0 Å². The molecule has 0 radical (unpaired) electrons. The van der Waals surface area contributed by atoms with Gasteiger partial charge < -0.3 is 9.64 Å². The van der Waals surface area contributed by atoms with E-state index >= 15 is 0 Å². The molecule has 2 aliphatic rings. The van der Waals surface area contributed by atoms with Gasteiger partial charge in [-0.15, -0.1) is 0 Å². The second kappa shape index (κ2) is 5.66. The first-order valence-corrected chi connectivity index (χ1v) is 8.60. The Bertz CT molecular complexity index is 799. The molecule has 1 aliphatic carbocycles. The van der Waals surface area contributed by atoms with E-state index in [1.165, 1.54) is 12.1 Å². The molecule has 2 fully saturated rings. The molecule has 132 valence electrons. The molecule has 0 bridgehead atoms. The van der Waals surface area contributed by atoms with Crippen molar-refractivity contribution >= 4 is 5.91 Å². The average Bonchev–Trinajstić information content (AvgIpc) is 3.23. The SMILES string of the molecule is CN(C(=O)c1ccn(-c2ccc(F)cc2)n1)[C@@H]1[C@H]2CCO[C@@H]2C1(C)C. The highest BCUT2D eigenvalue weighted by molar-refractivity contribution is 5.92. The Morgan fingerprint density at radius 1 is 1.32 bits per heavy atom. The predicted molar refractivity (Wildman–Crippen MR) is 91.0 cm³/mol. The first kappa shape index (κ1) is 16.3. The van der Waals surface area contributed by atoms with Crippen LogP contribution in [0.15, 0.2) is 36.5 Å². The minimum absolute atomic E-state index is 0.0505. The van der Waals surface area contributed by atoms with Gasteiger partial charge in [-0.25, -0.2) is 9.07 Å². The maximum absolute atomic E-state index is 13.1. The molecule has 0 unspecified atom stereocenters. The Hall–Kier alpha value is -2.21. The third-order valence-corrected chi connectivity index (χ3v) is 5.68. The number of hydrogen-bond acceptors (Lipinski definition) is 3. The highest BCUT2D eigenvalue weighted by atomic mass is 19.1. The number of benzene rings is 1. The Morgan fingerprint density at radius 3 is 2.76 bits per heavy atom. The number of halogens is 1. The van der Waals surface area contributed by atoms with Gasteiger partial charge in [0.1, 0.15) is 5.82 Å². The van der Waals surface area contributed by atoms with Crippen LogP contribution in [0.1, 0.15) is 30.8 Å². The van der Waals surface area contributed by atoms with E-state index in [1.807, 2.05) is 11.9 Å². The monoisotopic (exact) mass is 343 g/mol. The molecule has 1 saturated heterocycles. The lowest BCUT2D eigenvalue weighted by molar-refractivity contribution is -0.139. The van der Waals surface area contributed by atoms with Gasteiger partial charge in [-0.05, 0) is 36.8 Å². The molecular weight excluding hydrogens is 321 g/mol. The van der Waals surface area contributed by atoms with Crippen molar-refractivity contribution in [2.75, 3.05) is 13.7 Å². The summed E-state index contributed by atoms with van der Waals surface area (Å²) in [5, 5.41) is 4.38. The van der Waals surface area contributed by atoms with Gasteiger partial charge in [-0.3, -0.25) is 4.79 Å². The third-order valence-electron chi connectivity index (χ3n) is 5.68. The molecule has 4 rings (SSSR count). The fraction of sp³-hybridized carbons (Fsp3) is 0.474. The predicted octanol–water partition coefficient (Wildman–Crippen LogP) is 2.90. The lowest BCUT2D eigenvalue weighted by Gasteiger charge is -2.57. The molecule has 1 aromatic carbocycles. The summed E-state index contributed by atoms with van der Waals surface area (Å²) in [6.07, 6.45) is 2.96. The van der Waals surface area contributed by atoms with Crippen molar-refractivity contribution in [2.45, 2.75) is 32.4 Å². The Morgan fingerprint density at radius 2 is 2.04 bits per heavy atom. The van der Waals surface area contributed by atoms with E-state index in [2.05, 4.69) is 18.9 Å². The average molecular weight is 343 g/mol. The van der Waals surface area contributed by atoms with E-state index in [0.717, 1.165) is 18.7 Å². The number of aromatic nitrogens is 2. The summed E-state index contributed by atoms with van der Waals surface area (Å²) < 4.78 is 20.5. The van der Waals surface area contributed by atoms with Gasteiger partial charge in [0.2, 0.25) is 0 Å². The Labute approximate surface area is 146 Å². The molecule has 1 saturated carbocycles. The van der Waals surface area contributed by atoms with Crippen molar-refractivity contribution < 1.29 is 13.9 Å². The Kier molecular flexibility index (Phi) is 3.68. The molecule has 2 heterocycles. The van der Waals surface area contributed by atoms with Crippen molar-refractivity contribution in [1.29, 1.82) is 0 Å². The standard InChI is InChI=1S/C19H22FN3O2/c1-19(2)16(14-9-11-25-17(14)19)22(3)18(24)15-8-10-23(21-15)13-6-4-12(20)5-7-13/h4-8,10,14,16-17H,9,11H2,1-3H3/t14-,16-,17+/m1/s1. The number of amides is 1. The lowest BCUT2D eigenvalue weighted by atomic mass is 9.57. The van der Waals surface area contributed by atoms with Crippen molar-refractivity contribution in [3.05, 3.63) is 48.0 Å². The molecule has 2 aromatic rings. The Balaban J connectivity index is 1.54. The topological polar surface area (TPSA) is 47.4 Å². The fourth-order valence-corrected chi connectivity index (χ4v) is 4.57. The van der Waals surface area contributed by atoms with Crippen LogP contribution in [0.2, 0.25) is 0 Å². The second-order valence-corrected chi connectivity index (χ2v) is 7.55. The molecule has 0 N–H and O–H groups in total. The highest BCUT2D eigenvalue weighted by Gasteiger charge is 2.61. The van der Waals surface area contributed by atoms with E-state index in [4.69, 9.17) is 4.74 Å². The van der Waals surface area contributed by atoms with Gasteiger partial charge in [0, 0.05) is 37.2 Å². The van der Waals surface area contributed by atoms with Gasteiger partial charge in [0.05, 0.1) is 11.8 Å². The van der Waals surface area contributed by atoms with Crippen molar-refractivity contribution in [3.63, 3.8) is 0 Å². The van der Waals surface area contributed by atoms with Gasteiger partial charge >= 0.3 is 0 Å². The first-order valence-electron chi connectivity index (χ1n) is 8.60. The molecule has 5 nitrogen and oxygen atoms in total. The molecule has 25 heavy (non-hydrogen) atoms. The number of ether oxygens (including phenoxy) is 1. The highest BCUT2D eigenvalue weighted by Crippen LogP contribution is 2.54. The second-order valence-electron chi connectivity index (χ2n) is 7.55. The maximum Gasteiger partial charge on any atom is 0.274 e. The van der Waals surface area contributed by atoms with Gasteiger partial charge in [0.15, 0.2) is 5.69 Å². The minimum atomic E-state index is -0.299. The molecular formula is C19H22FN3O2. The summed E-state index contributed by atoms with van der Waals surface area (Å²) in [7, 11) is 1.85. The van der Waals surface area contributed by atoms with Gasteiger partial charge in [0.25, 0.3) is 5.91 Å². The van der Waals surface area contributed by atoms with E-state index in [-0.39, 0.29) is 29.3 Å². The smallest absolute Gasteiger partial charge is 0.274 e. The number of carbonyl (C=O) groups is 1. The normalized spacial score (nSPS) is 26.8. The van der Waals surface area contributed by atoms with E-state index in [0.29, 0.717) is 11.6 Å². The zero-order valence-corrected chi connectivity index (χ0v) is 14.6. The van der Waals surface area contributed by atoms with Crippen LogP contribution in [-0.4, -0.2) is 46.4 Å². The summed E-state index contributed by atoms with van der Waals surface area (Å²) in [6.45, 7) is 5.09. The van der Waals surface area contributed by atoms with Crippen molar-refractivity contribution in [1.82, 2.24) is 14.7 Å². The molecule has 1 aromatic heterocycles. The van der Waals surface area contributed by atoms with Gasteiger partial charge in [-0.1, -0.05) is 13.8 Å². The van der Waals surface area contributed by atoms with Crippen LogP contribution in [0, 0.1) is 17.2 Å². The van der Waals surface area contributed by atoms with Crippen LogP contribution in [0.25, 0.3) is 5.69 Å².